The molecule has 0 radical (unpaired) electrons. The highest BCUT2D eigenvalue weighted by atomic mass is 35.5. The Morgan fingerprint density at radius 3 is 2.46 bits per heavy atom. The maximum atomic E-state index is 9.19. The molecule has 0 saturated heterocycles. The van der Waals surface area contributed by atoms with Crippen molar-refractivity contribution in [2.75, 3.05) is 30.6 Å². The van der Waals surface area contributed by atoms with E-state index in [9.17, 15) is 5.26 Å². The number of hydrogen-bond acceptors (Lipinski definition) is 5. The summed E-state index contributed by atoms with van der Waals surface area (Å²) in [7, 11) is 3.04. The molecular formula is C16H15ClN4O2S. The Morgan fingerprint density at radius 1 is 1.17 bits per heavy atom. The molecule has 2 aromatic carbocycles. The van der Waals surface area contributed by atoms with Gasteiger partial charge in [-0.1, -0.05) is 17.7 Å². The van der Waals surface area contributed by atoms with Crippen LogP contribution in [0.25, 0.3) is 0 Å². The number of anilines is 3. The molecule has 0 aliphatic rings. The van der Waals surface area contributed by atoms with E-state index in [0.29, 0.717) is 39.1 Å². The first kappa shape index (κ1) is 17.7. The van der Waals surface area contributed by atoms with Crippen molar-refractivity contribution in [3.63, 3.8) is 0 Å². The van der Waals surface area contributed by atoms with Crippen molar-refractivity contribution < 1.29 is 9.47 Å². The summed E-state index contributed by atoms with van der Waals surface area (Å²) >= 11 is 11.4. The molecule has 2 rings (SSSR count). The minimum Gasteiger partial charge on any atom is -0.495 e. The highest BCUT2D eigenvalue weighted by Crippen LogP contribution is 2.36. The second kappa shape index (κ2) is 7.73. The van der Waals surface area contributed by atoms with Crippen molar-refractivity contribution in [1.29, 1.82) is 5.26 Å². The lowest BCUT2D eigenvalue weighted by Crippen LogP contribution is -2.20. The average molecular weight is 363 g/mol. The summed E-state index contributed by atoms with van der Waals surface area (Å²) in [6.07, 6.45) is 0. The van der Waals surface area contributed by atoms with Crippen LogP contribution in [0.15, 0.2) is 30.3 Å². The van der Waals surface area contributed by atoms with Crippen LogP contribution >= 0.6 is 23.8 Å². The van der Waals surface area contributed by atoms with Gasteiger partial charge in [0.2, 0.25) is 0 Å². The van der Waals surface area contributed by atoms with Crippen LogP contribution in [0.1, 0.15) is 5.56 Å². The van der Waals surface area contributed by atoms with Gasteiger partial charge in [0.15, 0.2) is 5.11 Å². The van der Waals surface area contributed by atoms with Crippen LogP contribution < -0.4 is 25.8 Å². The third kappa shape index (κ3) is 3.79. The van der Waals surface area contributed by atoms with Gasteiger partial charge < -0.3 is 25.8 Å². The van der Waals surface area contributed by atoms with Gasteiger partial charge in [-0.25, -0.2) is 0 Å². The summed E-state index contributed by atoms with van der Waals surface area (Å²) in [5.41, 5.74) is 7.54. The standard InChI is InChI=1S/C16H15ClN4O2S/c1-22-14-7-15(23-2)13(6-10(14)17)21-16(24)20-12-5-3-4-11(19)9(12)8-18/h3-7H,19H2,1-2H3,(H2,20,21,24). The SMILES string of the molecule is COc1cc(OC)c(NC(=S)Nc2cccc(N)c2C#N)cc1Cl. The van der Waals surface area contributed by atoms with Crippen LogP contribution in [0.5, 0.6) is 11.5 Å². The molecule has 0 spiro atoms. The van der Waals surface area contributed by atoms with Gasteiger partial charge in [0, 0.05) is 6.07 Å². The maximum absolute atomic E-state index is 9.19. The van der Waals surface area contributed by atoms with Gasteiger partial charge in [-0.05, 0) is 30.4 Å². The molecule has 0 saturated carbocycles. The number of benzene rings is 2. The van der Waals surface area contributed by atoms with Gasteiger partial charge in [0.25, 0.3) is 0 Å². The Morgan fingerprint density at radius 2 is 1.83 bits per heavy atom. The molecule has 0 aliphatic carbocycles. The third-order valence-electron chi connectivity index (χ3n) is 3.18. The lowest BCUT2D eigenvalue weighted by atomic mass is 10.1. The predicted octanol–water partition coefficient (Wildman–Crippen LogP) is 3.62. The molecule has 124 valence electrons. The number of hydrogen-bond donors (Lipinski definition) is 3. The molecule has 0 fully saturated rings. The van der Waals surface area contributed by atoms with E-state index in [4.69, 9.17) is 39.0 Å². The van der Waals surface area contributed by atoms with E-state index in [1.54, 1.807) is 30.3 Å². The Kier molecular flexibility index (Phi) is 5.68. The highest BCUT2D eigenvalue weighted by molar-refractivity contribution is 7.80. The van der Waals surface area contributed by atoms with Crippen molar-refractivity contribution in [3.05, 3.63) is 40.9 Å². The zero-order valence-electron chi connectivity index (χ0n) is 13.0. The smallest absolute Gasteiger partial charge is 0.175 e. The average Bonchev–Trinajstić information content (AvgIpc) is 2.55. The quantitative estimate of drug-likeness (QED) is 0.565. The van der Waals surface area contributed by atoms with E-state index >= 15 is 0 Å². The zero-order valence-corrected chi connectivity index (χ0v) is 14.6. The fraction of sp³-hybridized carbons (Fsp3) is 0.125. The highest BCUT2D eigenvalue weighted by Gasteiger charge is 2.12. The van der Waals surface area contributed by atoms with Crippen LogP contribution in [-0.2, 0) is 0 Å². The van der Waals surface area contributed by atoms with Crippen molar-refractivity contribution in [1.82, 2.24) is 0 Å². The van der Waals surface area contributed by atoms with Crippen molar-refractivity contribution in [3.8, 4) is 17.6 Å². The van der Waals surface area contributed by atoms with E-state index in [-0.39, 0.29) is 5.11 Å². The number of nitrogens with zero attached hydrogens (tertiary/aromatic N) is 1. The van der Waals surface area contributed by atoms with Crippen LogP contribution in [0.4, 0.5) is 17.1 Å². The number of nitrogen functional groups attached to an aromatic ring is 1. The molecule has 24 heavy (non-hydrogen) atoms. The number of rotatable bonds is 4. The molecule has 4 N–H and O–H groups in total. The molecule has 6 nitrogen and oxygen atoms in total. The van der Waals surface area contributed by atoms with Gasteiger partial charge in [0.1, 0.15) is 17.6 Å². The molecule has 0 amide bonds. The number of nitrogens with two attached hydrogens (primary N) is 1. The van der Waals surface area contributed by atoms with Crippen LogP contribution in [0, 0.1) is 11.3 Å². The third-order valence-corrected chi connectivity index (χ3v) is 3.68. The van der Waals surface area contributed by atoms with Crippen molar-refractivity contribution in [2.24, 2.45) is 0 Å². The second-order valence-corrected chi connectivity index (χ2v) is 5.46. The first-order valence-corrected chi connectivity index (χ1v) is 7.57. The minimum absolute atomic E-state index is 0.261. The first-order valence-electron chi connectivity index (χ1n) is 6.78. The van der Waals surface area contributed by atoms with E-state index in [1.165, 1.54) is 14.2 Å². The number of methoxy groups -OCH3 is 2. The second-order valence-electron chi connectivity index (χ2n) is 4.65. The molecule has 0 aliphatic heterocycles. The number of nitrogens with one attached hydrogen (secondary N) is 2. The van der Waals surface area contributed by atoms with Gasteiger partial charge in [-0.2, -0.15) is 5.26 Å². The molecule has 8 heteroatoms. The van der Waals surface area contributed by atoms with Crippen LogP contribution in [-0.4, -0.2) is 19.3 Å². The van der Waals surface area contributed by atoms with E-state index in [2.05, 4.69) is 10.6 Å². The normalized spacial score (nSPS) is 9.75. The van der Waals surface area contributed by atoms with Gasteiger partial charge >= 0.3 is 0 Å². The summed E-state index contributed by atoms with van der Waals surface area (Å²) in [5, 5.41) is 15.8. The van der Waals surface area contributed by atoms with Crippen LogP contribution in [0.2, 0.25) is 5.02 Å². The number of nitriles is 1. The molecule has 2 aromatic rings. The molecule has 0 aromatic heterocycles. The monoisotopic (exact) mass is 362 g/mol. The summed E-state index contributed by atoms with van der Waals surface area (Å²) in [4.78, 5) is 0. The fourth-order valence-corrected chi connectivity index (χ4v) is 2.49. The molecule has 0 heterocycles. The Balaban J connectivity index is 2.24. The van der Waals surface area contributed by atoms with E-state index in [1.807, 2.05) is 6.07 Å². The van der Waals surface area contributed by atoms with Gasteiger partial charge in [-0.3, -0.25) is 0 Å². The molecule has 0 unspecified atom stereocenters. The van der Waals surface area contributed by atoms with Crippen molar-refractivity contribution in [2.45, 2.75) is 0 Å². The topological polar surface area (TPSA) is 92.3 Å². The molecular weight excluding hydrogens is 348 g/mol. The fourth-order valence-electron chi connectivity index (χ4n) is 2.03. The van der Waals surface area contributed by atoms with Crippen LogP contribution in [0.3, 0.4) is 0 Å². The predicted molar refractivity (Wildman–Crippen MR) is 100.0 cm³/mol. The largest absolute Gasteiger partial charge is 0.495 e. The summed E-state index contributed by atoms with van der Waals surface area (Å²) in [6, 6.07) is 10.4. The zero-order chi connectivity index (χ0) is 17.7. The van der Waals surface area contributed by atoms with Crippen molar-refractivity contribution >= 4 is 46.0 Å². The lowest BCUT2D eigenvalue weighted by molar-refractivity contribution is 0.396. The Hall–Kier alpha value is -2.69. The first-order chi connectivity index (χ1) is 11.5. The van der Waals surface area contributed by atoms with E-state index < -0.39 is 0 Å². The number of halogens is 1. The van der Waals surface area contributed by atoms with E-state index in [0.717, 1.165) is 0 Å². The number of ether oxygens (including phenoxy) is 2. The summed E-state index contributed by atoms with van der Waals surface area (Å²) < 4.78 is 10.4. The van der Waals surface area contributed by atoms with Gasteiger partial charge in [-0.15, -0.1) is 0 Å². The Bertz CT molecular complexity index is 820. The van der Waals surface area contributed by atoms with Gasteiger partial charge in [0.05, 0.1) is 41.9 Å². The maximum Gasteiger partial charge on any atom is 0.175 e. The number of thiocarbonyl (C=S) groups is 1. The summed E-state index contributed by atoms with van der Waals surface area (Å²) in [5.74, 6) is 0.994. The molecule has 0 bridgehead atoms. The lowest BCUT2D eigenvalue weighted by Gasteiger charge is -2.16. The minimum atomic E-state index is 0.261. The Labute approximate surface area is 150 Å². The molecule has 0 atom stereocenters. The summed E-state index contributed by atoms with van der Waals surface area (Å²) in [6.45, 7) is 0.